The van der Waals surface area contributed by atoms with Gasteiger partial charge in [-0.1, -0.05) is 59.6 Å². The average molecular weight is 552 g/mol. The van der Waals surface area contributed by atoms with Crippen LogP contribution in [0.1, 0.15) is 12.5 Å². The van der Waals surface area contributed by atoms with Crippen LogP contribution in [0.4, 0.5) is 10.1 Å². The zero-order valence-corrected chi connectivity index (χ0v) is 21.8. The Morgan fingerprint density at radius 2 is 1.61 bits per heavy atom. The van der Waals surface area contributed by atoms with Gasteiger partial charge in [-0.2, -0.15) is 0 Å². The molecule has 0 aliphatic carbocycles. The molecule has 0 aliphatic rings. The number of likely N-dealkylation sites (N-methyl/N-ethyl adjacent to an activating group) is 1. The Bertz CT molecular complexity index is 1360. The first-order valence-corrected chi connectivity index (χ1v) is 13.0. The van der Waals surface area contributed by atoms with E-state index in [1.807, 2.05) is 0 Å². The molecule has 0 aliphatic heterocycles. The number of carbonyl (C=O) groups is 2. The van der Waals surface area contributed by atoms with Crippen LogP contribution >= 0.6 is 23.2 Å². The molecule has 0 fully saturated rings. The molecular weight excluding hydrogens is 528 g/mol. The summed E-state index contributed by atoms with van der Waals surface area (Å²) in [6.07, 6.45) is 0. The molecule has 3 aromatic rings. The van der Waals surface area contributed by atoms with E-state index in [0.29, 0.717) is 0 Å². The number of carbonyl (C=O) groups excluding carboxylic acids is 2. The molecule has 36 heavy (non-hydrogen) atoms. The van der Waals surface area contributed by atoms with E-state index in [1.54, 1.807) is 24.3 Å². The highest BCUT2D eigenvalue weighted by Gasteiger charge is 2.32. The summed E-state index contributed by atoms with van der Waals surface area (Å²) < 4.78 is 42.5. The average Bonchev–Trinajstić information content (AvgIpc) is 2.87. The van der Waals surface area contributed by atoms with Crippen LogP contribution in [0.2, 0.25) is 10.0 Å². The highest BCUT2D eigenvalue weighted by atomic mass is 35.5. The van der Waals surface area contributed by atoms with Gasteiger partial charge in [0.05, 0.1) is 20.6 Å². The highest BCUT2D eigenvalue weighted by molar-refractivity contribution is 7.92. The molecule has 0 saturated carbocycles. The van der Waals surface area contributed by atoms with Crippen molar-refractivity contribution in [1.82, 2.24) is 10.2 Å². The van der Waals surface area contributed by atoms with Crippen molar-refractivity contribution in [3.63, 3.8) is 0 Å². The summed E-state index contributed by atoms with van der Waals surface area (Å²) in [5.74, 6) is -1.77. The van der Waals surface area contributed by atoms with Crippen LogP contribution in [-0.4, -0.2) is 44.8 Å². The molecule has 0 heterocycles. The number of sulfonamides is 1. The normalized spacial score (nSPS) is 12.0. The van der Waals surface area contributed by atoms with Crippen molar-refractivity contribution in [2.75, 3.05) is 17.9 Å². The fraction of sp³-hybridized carbons (Fsp3) is 0.200. The highest BCUT2D eigenvalue weighted by Crippen LogP contribution is 2.31. The molecule has 3 rings (SSSR count). The van der Waals surface area contributed by atoms with E-state index >= 15 is 0 Å². The minimum absolute atomic E-state index is 0.0520. The van der Waals surface area contributed by atoms with Gasteiger partial charge in [-0.25, -0.2) is 12.8 Å². The van der Waals surface area contributed by atoms with E-state index in [-0.39, 0.29) is 32.7 Å². The van der Waals surface area contributed by atoms with Crippen LogP contribution in [0.25, 0.3) is 0 Å². The number of nitrogens with zero attached hydrogens (tertiary/aromatic N) is 2. The lowest BCUT2D eigenvalue weighted by Gasteiger charge is -2.32. The topological polar surface area (TPSA) is 86.8 Å². The van der Waals surface area contributed by atoms with Crippen molar-refractivity contribution in [2.45, 2.75) is 24.4 Å². The number of halogens is 3. The number of benzene rings is 3. The summed E-state index contributed by atoms with van der Waals surface area (Å²) in [7, 11) is -2.83. The SMILES string of the molecule is CNC(=O)C(C)N(Cc1ccccc1F)C(=O)CN(c1ccc(Cl)c(Cl)c1)S(=O)(=O)c1ccccc1. The van der Waals surface area contributed by atoms with Gasteiger partial charge in [0.2, 0.25) is 11.8 Å². The molecule has 1 N–H and O–H groups in total. The Morgan fingerprint density at radius 1 is 0.972 bits per heavy atom. The van der Waals surface area contributed by atoms with Gasteiger partial charge >= 0.3 is 0 Å². The number of hydrogen-bond acceptors (Lipinski definition) is 4. The Labute approximate surface area is 219 Å². The third kappa shape index (κ3) is 6.16. The van der Waals surface area contributed by atoms with Crippen LogP contribution in [0.3, 0.4) is 0 Å². The molecule has 0 saturated heterocycles. The van der Waals surface area contributed by atoms with E-state index in [1.165, 1.54) is 62.5 Å². The largest absolute Gasteiger partial charge is 0.357 e. The van der Waals surface area contributed by atoms with Crippen molar-refractivity contribution in [3.05, 3.63) is 94.2 Å². The molecule has 0 bridgehead atoms. The molecule has 1 atom stereocenters. The summed E-state index contributed by atoms with van der Waals surface area (Å²) in [5.41, 5.74) is 0.272. The van der Waals surface area contributed by atoms with Crippen molar-refractivity contribution >= 4 is 50.7 Å². The molecule has 0 spiro atoms. The Kier molecular flexibility index (Phi) is 8.94. The monoisotopic (exact) mass is 551 g/mol. The van der Waals surface area contributed by atoms with Crippen molar-refractivity contribution < 1.29 is 22.4 Å². The molecule has 3 aromatic carbocycles. The molecule has 7 nitrogen and oxygen atoms in total. The van der Waals surface area contributed by atoms with E-state index in [0.717, 1.165) is 9.21 Å². The van der Waals surface area contributed by atoms with Gasteiger partial charge in [-0.3, -0.25) is 13.9 Å². The second-order valence-corrected chi connectivity index (χ2v) is 10.5. The minimum Gasteiger partial charge on any atom is -0.357 e. The minimum atomic E-state index is -4.24. The third-order valence-corrected chi connectivity index (χ3v) is 8.04. The molecule has 2 amide bonds. The van der Waals surface area contributed by atoms with Gasteiger partial charge in [0.25, 0.3) is 10.0 Å². The van der Waals surface area contributed by atoms with Crippen LogP contribution in [0, 0.1) is 5.82 Å². The number of anilines is 1. The second kappa shape index (κ2) is 11.7. The first-order chi connectivity index (χ1) is 17.1. The standard InChI is InChI=1S/C25H24Cl2FN3O4S/c1-17(25(33)29-2)30(15-18-8-6-7-11-23(18)28)24(32)16-31(19-12-13-21(26)22(27)14-19)36(34,35)20-9-4-3-5-10-20/h3-14,17H,15-16H2,1-2H3,(H,29,33). The predicted molar refractivity (Wildman–Crippen MR) is 138 cm³/mol. The quantitative estimate of drug-likeness (QED) is 0.424. The third-order valence-electron chi connectivity index (χ3n) is 5.51. The van der Waals surface area contributed by atoms with Gasteiger partial charge in [0, 0.05) is 19.2 Å². The number of hydrogen-bond donors (Lipinski definition) is 1. The second-order valence-electron chi connectivity index (χ2n) is 7.83. The van der Waals surface area contributed by atoms with Gasteiger partial charge < -0.3 is 10.2 Å². The molecule has 0 radical (unpaired) electrons. The Balaban J connectivity index is 2.06. The first-order valence-electron chi connectivity index (χ1n) is 10.8. The fourth-order valence-electron chi connectivity index (χ4n) is 3.49. The van der Waals surface area contributed by atoms with Crippen LogP contribution in [-0.2, 0) is 26.2 Å². The van der Waals surface area contributed by atoms with E-state index < -0.39 is 40.2 Å². The number of amides is 2. The maximum absolute atomic E-state index is 14.4. The molecular formula is C25H24Cl2FN3O4S. The molecule has 190 valence electrons. The zero-order valence-electron chi connectivity index (χ0n) is 19.5. The lowest BCUT2D eigenvalue weighted by Crippen LogP contribution is -2.50. The summed E-state index contributed by atoms with van der Waals surface area (Å²) in [6.45, 7) is 0.554. The van der Waals surface area contributed by atoms with Crippen molar-refractivity contribution in [1.29, 1.82) is 0 Å². The maximum atomic E-state index is 14.4. The van der Waals surface area contributed by atoms with Gasteiger partial charge in [0.1, 0.15) is 18.4 Å². The van der Waals surface area contributed by atoms with Gasteiger partial charge in [0.15, 0.2) is 0 Å². The lowest BCUT2D eigenvalue weighted by molar-refractivity contribution is -0.139. The molecule has 0 aromatic heterocycles. The van der Waals surface area contributed by atoms with Crippen LogP contribution in [0.15, 0.2) is 77.7 Å². The van der Waals surface area contributed by atoms with E-state index in [2.05, 4.69) is 5.32 Å². The maximum Gasteiger partial charge on any atom is 0.264 e. The summed E-state index contributed by atoms with van der Waals surface area (Å²) in [6, 6.07) is 16.6. The Hall–Kier alpha value is -3.14. The first kappa shape index (κ1) is 27.4. The summed E-state index contributed by atoms with van der Waals surface area (Å²) >= 11 is 12.2. The summed E-state index contributed by atoms with van der Waals surface area (Å²) in [5, 5.41) is 2.77. The fourth-order valence-corrected chi connectivity index (χ4v) is 5.21. The van der Waals surface area contributed by atoms with Crippen molar-refractivity contribution in [3.8, 4) is 0 Å². The molecule has 11 heteroatoms. The van der Waals surface area contributed by atoms with Crippen LogP contribution in [0.5, 0.6) is 0 Å². The van der Waals surface area contributed by atoms with Crippen molar-refractivity contribution in [2.24, 2.45) is 0 Å². The van der Waals surface area contributed by atoms with Crippen LogP contribution < -0.4 is 9.62 Å². The van der Waals surface area contributed by atoms with E-state index in [9.17, 15) is 22.4 Å². The number of nitrogens with one attached hydrogen (secondary N) is 1. The zero-order chi connectivity index (χ0) is 26.5. The number of rotatable bonds is 9. The molecule has 1 unspecified atom stereocenters. The van der Waals surface area contributed by atoms with Gasteiger partial charge in [-0.15, -0.1) is 0 Å². The lowest BCUT2D eigenvalue weighted by atomic mass is 10.1. The van der Waals surface area contributed by atoms with E-state index in [4.69, 9.17) is 23.2 Å². The Morgan fingerprint density at radius 3 is 2.22 bits per heavy atom. The predicted octanol–water partition coefficient (Wildman–Crippen LogP) is 4.49. The smallest absolute Gasteiger partial charge is 0.264 e. The van der Waals surface area contributed by atoms with Gasteiger partial charge in [-0.05, 0) is 43.3 Å². The summed E-state index contributed by atoms with van der Waals surface area (Å²) in [4.78, 5) is 27.1.